The molecule has 13 heavy (non-hydrogen) atoms. The molecule has 0 saturated carbocycles. The molecule has 5 nitrogen and oxygen atoms in total. The van der Waals surface area contributed by atoms with Crippen LogP contribution in [0.15, 0.2) is 29.4 Å². The van der Waals surface area contributed by atoms with Crippen molar-refractivity contribution in [1.82, 2.24) is 4.68 Å². The molecule has 0 aliphatic carbocycles. The Bertz CT molecular complexity index is 414. The molecule has 0 fully saturated rings. The van der Waals surface area contributed by atoms with Crippen molar-refractivity contribution < 1.29 is 4.57 Å². The van der Waals surface area contributed by atoms with Crippen molar-refractivity contribution in [2.45, 2.75) is 0 Å². The summed E-state index contributed by atoms with van der Waals surface area (Å²) < 4.78 is 3.35. The Morgan fingerprint density at radius 2 is 2.54 bits per heavy atom. The summed E-state index contributed by atoms with van der Waals surface area (Å²) in [6, 6.07) is 1.78. The van der Waals surface area contributed by atoms with Crippen molar-refractivity contribution in [1.29, 1.82) is 10.7 Å². The Labute approximate surface area is 75.4 Å². The normalized spacial score (nSPS) is 9.54. The Morgan fingerprint density at radius 3 is 3.00 bits per heavy atom. The zero-order valence-corrected chi connectivity index (χ0v) is 7.10. The first kappa shape index (κ1) is 8.91. The Balaban J connectivity index is 2.81. The minimum atomic E-state index is 0.0938. The van der Waals surface area contributed by atoms with Gasteiger partial charge in [0.1, 0.15) is 17.8 Å². The highest BCUT2D eigenvalue weighted by Crippen LogP contribution is 1.84. The number of imidazole rings is 1. The van der Waals surface area contributed by atoms with Crippen molar-refractivity contribution in [2.75, 3.05) is 0 Å². The predicted octanol–water partition coefficient (Wildman–Crippen LogP) is -0.155. The highest BCUT2D eigenvalue weighted by atomic mass is 15.4. The van der Waals surface area contributed by atoms with E-state index in [1.54, 1.807) is 18.6 Å². The molecule has 1 aromatic heterocycles. The molecule has 0 amide bonds. The summed E-state index contributed by atoms with van der Waals surface area (Å²) in [4.78, 5) is 0. The number of aryl methyl sites for hydroxylation is 1. The molecule has 1 heterocycles. The second kappa shape index (κ2) is 4.00. The lowest BCUT2D eigenvalue weighted by Crippen LogP contribution is -2.23. The smallest absolute Gasteiger partial charge is 0.258 e. The maximum absolute atomic E-state index is 8.43. The van der Waals surface area contributed by atoms with Crippen molar-refractivity contribution in [3.05, 3.63) is 24.3 Å². The van der Waals surface area contributed by atoms with Crippen LogP contribution in [0.2, 0.25) is 0 Å². The molecular formula is C8H8N5+. The second-order valence-electron chi connectivity index (χ2n) is 2.35. The Kier molecular flexibility index (Phi) is 2.74. The molecule has 0 unspecified atom stereocenters. The van der Waals surface area contributed by atoms with Crippen LogP contribution in [-0.2, 0) is 7.05 Å². The summed E-state index contributed by atoms with van der Waals surface area (Å²) in [7, 11) is 1.86. The molecule has 0 saturated heterocycles. The SMILES string of the molecule is C[n+]1ccn(/N=C/C(=C=N)C#N)c1. The number of nitriles is 1. The summed E-state index contributed by atoms with van der Waals surface area (Å²) in [5.41, 5.74) is 0.0938. The lowest BCUT2D eigenvalue weighted by atomic mass is 10.4. The summed E-state index contributed by atoms with van der Waals surface area (Å²) in [5, 5.41) is 19.0. The molecule has 1 aromatic rings. The van der Waals surface area contributed by atoms with Gasteiger partial charge >= 0.3 is 0 Å². The highest BCUT2D eigenvalue weighted by molar-refractivity contribution is 5.94. The molecule has 0 spiro atoms. The largest absolute Gasteiger partial charge is 0.269 e. The summed E-state index contributed by atoms with van der Waals surface area (Å²) in [6.45, 7) is 0. The van der Waals surface area contributed by atoms with Crippen LogP contribution in [0.1, 0.15) is 0 Å². The van der Waals surface area contributed by atoms with Crippen LogP contribution in [0.3, 0.4) is 0 Å². The number of hydrogen-bond donors (Lipinski definition) is 1. The lowest BCUT2D eigenvalue weighted by Gasteiger charge is -1.79. The minimum absolute atomic E-state index is 0.0938. The maximum Gasteiger partial charge on any atom is 0.269 e. The van der Waals surface area contributed by atoms with Crippen molar-refractivity contribution >= 4 is 12.1 Å². The Hall–Kier alpha value is -2.18. The first-order valence-electron chi connectivity index (χ1n) is 3.53. The Morgan fingerprint density at radius 1 is 1.77 bits per heavy atom. The van der Waals surface area contributed by atoms with Crippen LogP contribution in [0.25, 0.3) is 0 Å². The quantitative estimate of drug-likeness (QED) is 0.378. The fourth-order valence-electron chi connectivity index (χ4n) is 0.719. The number of hydrogen-bond acceptors (Lipinski definition) is 3. The van der Waals surface area contributed by atoms with Gasteiger partial charge in [0, 0.05) is 0 Å². The van der Waals surface area contributed by atoms with Crippen LogP contribution >= 0.6 is 0 Å². The van der Waals surface area contributed by atoms with Gasteiger partial charge in [-0.3, -0.25) is 5.41 Å². The molecule has 1 rings (SSSR count). The zero-order chi connectivity index (χ0) is 9.68. The maximum atomic E-state index is 8.43. The van der Waals surface area contributed by atoms with Gasteiger partial charge in [-0.05, 0) is 5.87 Å². The fourth-order valence-corrected chi connectivity index (χ4v) is 0.719. The average Bonchev–Trinajstić information content (AvgIpc) is 2.53. The molecular weight excluding hydrogens is 166 g/mol. The summed E-state index contributed by atoms with van der Waals surface area (Å²) in [5.74, 6) is 1.96. The van der Waals surface area contributed by atoms with E-state index in [1.807, 2.05) is 23.7 Å². The van der Waals surface area contributed by atoms with Gasteiger partial charge in [0.2, 0.25) is 0 Å². The summed E-state index contributed by atoms with van der Waals surface area (Å²) in [6.07, 6.45) is 6.56. The van der Waals surface area contributed by atoms with E-state index in [9.17, 15) is 0 Å². The van der Waals surface area contributed by atoms with Gasteiger partial charge in [-0.1, -0.05) is 5.10 Å². The van der Waals surface area contributed by atoms with Gasteiger partial charge in [-0.25, -0.2) is 4.57 Å². The average molecular weight is 174 g/mol. The van der Waals surface area contributed by atoms with Crippen LogP contribution in [-0.4, -0.2) is 16.8 Å². The van der Waals surface area contributed by atoms with Crippen LogP contribution < -0.4 is 4.57 Å². The van der Waals surface area contributed by atoms with Gasteiger partial charge in [0.15, 0.2) is 6.20 Å². The summed E-state index contributed by atoms with van der Waals surface area (Å²) >= 11 is 0. The number of nitrogens with zero attached hydrogens (tertiary/aromatic N) is 4. The molecule has 0 radical (unpaired) electrons. The van der Waals surface area contributed by atoms with E-state index in [-0.39, 0.29) is 5.57 Å². The molecule has 0 bridgehead atoms. The third-order valence-electron chi connectivity index (χ3n) is 1.33. The first-order valence-corrected chi connectivity index (χ1v) is 3.53. The van der Waals surface area contributed by atoms with Crippen LogP contribution in [0, 0.1) is 16.7 Å². The van der Waals surface area contributed by atoms with Gasteiger partial charge < -0.3 is 0 Å². The van der Waals surface area contributed by atoms with Crippen molar-refractivity contribution in [3.63, 3.8) is 0 Å². The van der Waals surface area contributed by atoms with E-state index in [0.29, 0.717) is 0 Å². The van der Waals surface area contributed by atoms with E-state index >= 15 is 0 Å². The van der Waals surface area contributed by atoms with E-state index in [1.165, 1.54) is 10.9 Å². The number of allylic oxidation sites excluding steroid dienone is 1. The molecule has 0 aliphatic heterocycles. The lowest BCUT2D eigenvalue weighted by molar-refractivity contribution is -0.671. The van der Waals surface area contributed by atoms with E-state index in [2.05, 4.69) is 5.10 Å². The standard InChI is InChI=1S/C8H8N5/c1-12-2-3-13(7-12)11-6-8(4-9)5-10/h2-3,6-7,9H,1H3/q+1/b11-6+. The van der Waals surface area contributed by atoms with Crippen LogP contribution in [0.4, 0.5) is 0 Å². The molecule has 0 aromatic carbocycles. The second-order valence-corrected chi connectivity index (χ2v) is 2.35. The molecule has 1 N–H and O–H groups in total. The topological polar surface area (TPSA) is 68.8 Å². The molecule has 64 valence electrons. The highest BCUT2D eigenvalue weighted by Gasteiger charge is 1.96. The van der Waals surface area contributed by atoms with Gasteiger partial charge in [-0.2, -0.15) is 5.26 Å². The number of nitrogens with one attached hydrogen (secondary N) is 1. The van der Waals surface area contributed by atoms with E-state index in [0.717, 1.165) is 0 Å². The third kappa shape index (κ3) is 2.40. The van der Waals surface area contributed by atoms with Gasteiger partial charge in [0.05, 0.1) is 13.3 Å². The minimum Gasteiger partial charge on any atom is -0.258 e. The number of aromatic nitrogens is 2. The van der Waals surface area contributed by atoms with Gasteiger partial charge in [-0.15, -0.1) is 4.68 Å². The van der Waals surface area contributed by atoms with E-state index in [4.69, 9.17) is 10.7 Å². The van der Waals surface area contributed by atoms with Crippen molar-refractivity contribution in [3.8, 4) is 6.07 Å². The first-order chi connectivity index (χ1) is 6.26. The van der Waals surface area contributed by atoms with E-state index < -0.39 is 0 Å². The number of rotatable bonds is 2. The van der Waals surface area contributed by atoms with Gasteiger partial charge in [0.25, 0.3) is 6.33 Å². The monoisotopic (exact) mass is 174 g/mol. The predicted molar refractivity (Wildman–Crippen MR) is 46.4 cm³/mol. The molecule has 5 heteroatoms. The zero-order valence-electron chi connectivity index (χ0n) is 7.10. The third-order valence-corrected chi connectivity index (χ3v) is 1.33. The molecule has 0 aliphatic rings. The van der Waals surface area contributed by atoms with Crippen LogP contribution in [0.5, 0.6) is 0 Å². The van der Waals surface area contributed by atoms with Crippen molar-refractivity contribution in [2.24, 2.45) is 12.1 Å². The fraction of sp³-hybridized carbons (Fsp3) is 0.125. The molecule has 0 atom stereocenters.